The molecule has 1 aromatic rings. The van der Waals surface area contributed by atoms with E-state index in [4.69, 9.17) is 16.3 Å². The second kappa shape index (κ2) is 4.84. The van der Waals surface area contributed by atoms with Crippen molar-refractivity contribution in [2.45, 2.75) is 12.2 Å². The molecule has 1 saturated heterocycles. The van der Waals surface area contributed by atoms with E-state index < -0.39 is 11.7 Å². The van der Waals surface area contributed by atoms with Crippen LogP contribution < -0.4 is 5.32 Å². The van der Waals surface area contributed by atoms with E-state index >= 15 is 0 Å². The van der Waals surface area contributed by atoms with Gasteiger partial charge in [0.1, 0.15) is 0 Å². The van der Waals surface area contributed by atoms with Crippen molar-refractivity contribution in [3.05, 3.63) is 34.3 Å². The van der Waals surface area contributed by atoms with E-state index in [1.54, 1.807) is 0 Å². The molecular weight excluding hydrogens is 255 g/mol. The second-order valence-electron chi connectivity index (χ2n) is 3.85. The van der Waals surface area contributed by atoms with Gasteiger partial charge in [0, 0.05) is 11.6 Å². The summed E-state index contributed by atoms with van der Waals surface area (Å²) in [5.41, 5.74) is -0.225. The standard InChI is InChI=1S/C11H11ClF3NO/c12-9-4-7(10-6-17-2-1-16-10)3-8(5-9)11(13,14)15/h3-5,10,16H,1-2,6H2/t10-/m0/s1. The normalized spacial score (nSPS) is 21.5. The van der Waals surface area contributed by atoms with E-state index in [9.17, 15) is 13.2 Å². The van der Waals surface area contributed by atoms with Gasteiger partial charge in [0.25, 0.3) is 0 Å². The van der Waals surface area contributed by atoms with Crippen molar-refractivity contribution in [1.82, 2.24) is 5.32 Å². The van der Waals surface area contributed by atoms with Crippen molar-refractivity contribution in [3.8, 4) is 0 Å². The van der Waals surface area contributed by atoms with Crippen LogP contribution in [0.1, 0.15) is 17.2 Å². The topological polar surface area (TPSA) is 21.3 Å². The monoisotopic (exact) mass is 265 g/mol. The number of ether oxygens (including phenoxy) is 1. The lowest BCUT2D eigenvalue weighted by Gasteiger charge is -2.25. The molecule has 2 nitrogen and oxygen atoms in total. The summed E-state index contributed by atoms with van der Waals surface area (Å²) in [4.78, 5) is 0. The molecule has 1 fully saturated rings. The van der Waals surface area contributed by atoms with Crippen molar-refractivity contribution in [2.75, 3.05) is 19.8 Å². The van der Waals surface area contributed by atoms with Crippen LogP contribution in [-0.4, -0.2) is 19.8 Å². The number of benzene rings is 1. The SMILES string of the molecule is FC(F)(F)c1cc(Cl)cc([C@@H]2COCCN2)c1. The van der Waals surface area contributed by atoms with Gasteiger partial charge in [-0.1, -0.05) is 11.6 Å². The predicted octanol–water partition coefficient (Wildman–Crippen LogP) is 3.02. The highest BCUT2D eigenvalue weighted by atomic mass is 35.5. The maximum Gasteiger partial charge on any atom is 0.416 e. The smallest absolute Gasteiger partial charge is 0.378 e. The fraction of sp³-hybridized carbons (Fsp3) is 0.455. The molecule has 0 aromatic heterocycles. The van der Waals surface area contributed by atoms with Crippen LogP contribution in [0.3, 0.4) is 0 Å². The van der Waals surface area contributed by atoms with Crippen LogP contribution in [0.5, 0.6) is 0 Å². The van der Waals surface area contributed by atoms with E-state index in [-0.39, 0.29) is 11.1 Å². The summed E-state index contributed by atoms with van der Waals surface area (Å²) in [6.07, 6.45) is -4.38. The van der Waals surface area contributed by atoms with Crippen molar-refractivity contribution in [3.63, 3.8) is 0 Å². The fourth-order valence-corrected chi connectivity index (χ4v) is 2.00. The van der Waals surface area contributed by atoms with Gasteiger partial charge in [0.05, 0.1) is 24.8 Å². The van der Waals surface area contributed by atoms with Gasteiger partial charge in [0.15, 0.2) is 0 Å². The van der Waals surface area contributed by atoms with E-state index in [2.05, 4.69) is 5.32 Å². The molecule has 0 aliphatic carbocycles. The fourth-order valence-electron chi connectivity index (χ4n) is 1.76. The number of morpholine rings is 1. The Hall–Kier alpha value is -0.780. The van der Waals surface area contributed by atoms with E-state index in [1.807, 2.05) is 0 Å². The minimum atomic E-state index is -4.38. The molecule has 0 bridgehead atoms. The van der Waals surface area contributed by atoms with Crippen molar-refractivity contribution >= 4 is 11.6 Å². The van der Waals surface area contributed by atoms with Gasteiger partial charge in [-0.3, -0.25) is 0 Å². The highest BCUT2D eigenvalue weighted by molar-refractivity contribution is 6.30. The summed E-state index contributed by atoms with van der Waals surface area (Å²) in [5.74, 6) is 0. The summed E-state index contributed by atoms with van der Waals surface area (Å²) < 4.78 is 43.0. The first-order valence-electron chi connectivity index (χ1n) is 5.15. The Morgan fingerprint density at radius 2 is 2.06 bits per heavy atom. The Morgan fingerprint density at radius 3 is 2.65 bits per heavy atom. The first-order chi connectivity index (χ1) is 7.97. The number of rotatable bonds is 1. The van der Waals surface area contributed by atoms with Crippen LogP contribution in [0.4, 0.5) is 13.2 Å². The highest BCUT2D eigenvalue weighted by Gasteiger charge is 2.32. The van der Waals surface area contributed by atoms with Crippen LogP contribution in [0.25, 0.3) is 0 Å². The number of alkyl halides is 3. The first kappa shape index (κ1) is 12.7. The lowest BCUT2D eigenvalue weighted by Crippen LogP contribution is -2.34. The molecule has 0 spiro atoms. The molecule has 1 atom stereocenters. The predicted molar refractivity (Wildman–Crippen MR) is 58.0 cm³/mol. The van der Waals surface area contributed by atoms with Gasteiger partial charge in [-0.05, 0) is 23.8 Å². The van der Waals surface area contributed by atoms with E-state index in [0.29, 0.717) is 25.3 Å². The maximum atomic E-state index is 12.6. The largest absolute Gasteiger partial charge is 0.416 e. The zero-order valence-corrected chi connectivity index (χ0v) is 9.61. The third-order valence-corrected chi connectivity index (χ3v) is 2.79. The zero-order valence-electron chi connectivity index (χ0n) is 8.85. The molecule has 0 saturated carbocycles. The van der Waals surface area contributed by atoms with Crippen LogP contribution in [-0.2, 0) is 10.9 Å². The third kappa shape index (κ3) is 3.12. The molecule has 2 rings (SSSR count). The van der Waals surface area contributed by atoms with Crippen LogP contribution in [0.15, 0.2) is 18.2 Å². The van der Waals surface area contributed by atoms with Gasteiger partial charge in [-0.25, -0.2) is 0 Å². The lowest BCUT2D eigenvalue weighted by atomic mass is 10.0. The molecule has 1 N–H and O–H groups in total. The molecule has 94 valence electrons. The number of halogens is 4. The second-order valence-corrected chi connectivity index (χ2v) is 4.29. The highest BCUT2D eigenvalue weighted by Crippen LogP contribution is 2.33. The zero-order chi connectivity index (χ0) is 12.5. The van der Waals surface area contributed by atoms with Crippen LogP contribution in [0.2, 0.25) is 5.02 Å². The third-order valence-electron chi connectivity index (χ3n) is 2.57. The van der Waals surface area contributed by atoms with Gasteiger partial charge in [0.2, 0.25) is 0 Å². The number of hydrogen-bond acceptors (Lipinski definition) is 2. The minimum absolute atomic E-state index is 0.0854. The molecule has 17 heavy (non-hydrogen) atoms. The summed E-state index contributed by atoms with van der Waals surface area (Å²) in [5, 5.41) is 3.18. The van der Waals surface area contributed by atoms with E-state index in [1.165, 1.54) is 6.07 Å². The lowest BCUT2D eigenvalue weighted by molar-refractivity contribution is -0.137. The average molecular weight is 266 g/mol. The summed E-state index contributed by atoms with van der Waals surface area (Å²) in [6.45, 7) is 1.55. The molecule has 1 aliphatic heterocycles. The molecule has 1 aromatic carbocycles. The van der Waals surface area contributed by atoms with Crippen molar-refractivity contribution in [1.29, 1.82) is 0 Å². The maximum absolute atomic E-state index is 12.6. The Bertz CT molecular complexity index is 402. The van der Waals surface area contributed by atoms with Crippen molar-refractivity contribution in [2.24, 2.45) is 0 Å². The van der Waals surface area contributed by atoms with Crippen LogP contribution in [0, 0.1) is 0 Å². The Morgan fingerprint density at radius 1 is 1.29 bits per heavy atom. The van der Waals surface area contributed by atoms with E-state index in [0.717, 1.165) is 12.1 Å². The summed E-state index contributed by atoms with van der Waals surface area (Å²) >= 11 is 5.71. The van der Waals surface area contributed by atoms with Gasteiger partial charge >= 0.3 is 6.18 Å². The quantitative estimate of drug-likeness (QED) is 0.843. The van der Waals surface area contributed by atoms with Gasteiger partial charge < -0.3 is 10.1 Å². The summed E-state index contributed by atoms with van der Waals surface area (Å²) in [7, 11) is 0. The number of nitrogens with one attached hydrogen (secondary N) is 1. The first-order valence-corrected chi connectivity index (χ1v) is 5.53. The summed E-state index contributed by atoms with van der Waals surface area (Å²) in [6, 6.07) is 3.33. The molecular formula is C11H11ClF3NO. The Labute approximate surface area is 102 Å². The van der Waals surface area contributed by atoms with Gasteiger partial charge in [-0.2, -0.15) is 13.2 Å². The molecule has 6 heteroatoms. The molecule has 0 amide bonds. The molecule has 0 radical (unpaired) electrons. The van der Waals surface area contributed by atoms with Crippen LogP contribution >= 0.6 is 11.6 Å². The Kier molecular flexibility index (Phi) is 3.61. The molecule has 0 unspecified atom stereocenters. The molecule has 1 aliphatic rings. The number of hydrogen-bond donors (Lipinski definition) is 1. The average Bonchev–Trinajstić information content (AvgIpc) is 2.28. The van der Waals surface area contributed by atoms with Gasteiger partial charge in [-0.15, -0.1) is 0 Å². The Balaban J connectivity index is 2.31. The minimum Gasteiger partial charge on any atom is -0.378 e. The molecule has 1 heterocycles. The van der Waals surface area contributed by atoms with Crippen molar-refractivity contribution < 1.29 is 17.9 Å².